The molecule has 18 heavy (non-hydrogen) atoms. The molecule has 0 aromatic carbocycles. The van der Waals surface area contributed by atoms with Crippen molar-refractivity contribution in [3.8, 4) is 0 Å². The van der Waals surface area contributed by atoms with Crippen LogP contribution in [0.2, 0.25) is 0 Å². The number of rotatable bonds is 8. The number of amides is 1. The highest BCUT2D eigenvalue weighted by molar-refractivity contribution is 5.81. The molecule has 0 saturated carbocycles. The lowest BCUT2D eigenvalue weighted by Crippen LogP contribution is -2.46. The van der Waals surface area contributed by atoms with Gasteiger partial charge < -0.3 is 15.7 Å². The van der Waals surface area contributed by atoms with Crippen LogP contribution in [0.3, 0.4) is 0 Å². The smallest absolute Gasteiger partial charge is 0.303 e. The molecule has 1 fully saturated rings. The van der Waals surface area contributed by atoms with Gasteiger partial charge in [-0.15, -0.1) is 0 Å². The molecule has 1 saturated heterocycles. The van der Waals surface area contributed by atoms with Crippen molar-refractivity contribution in [2.75, 3.05) is 13.1 Å². The molecule has 0 aromatic rings. The summed E-state index contributed by atoms with van der Waals surface area (Å²) < 4.78 is 0. The number of carbonyl (C=O) groups excluding carboxylic acids is 1. The van der Waals surface area contributed by atoms with E-state index in [1.54, 1.807) is 0 Å². The first-order valence-corrected chi connectivity index (χ1v) is 6.93. The third-order valence-corrected chi connectivity index (χ3v) is 3.24. The minimum absolute atomic E-state index is 0.00856. The largest absolute Gasteiger partial charge is 0.481 e. The Balaban J connectivity index is 1.93. The van der Waals surface area contributed by atoms with Crippen molar-refractivity contribution in [3.05, 3.63) is 0 Å². The van der Waals surface area contributed by atoms with Crippen LogP contribution in [0.15, 0.2) is 0 Å². The molecule has 0 aliphatic carbocycles. The SMILES string of the molecule is O=C(O)CCCCCCNC(=O)C1CCCCN1. The number of carboxylic acid groups (broad SMARTS) is 1. The molecule has 1 aliphatic heterocycles. The monoisotopic (exact) mass is 256 g/mol. The first-order chi connectivity index (χ1) is 8.70. The summed E-state index contributed by atoms with van der Waals surface area (Å²) in [7, 11) is 0. The van der Waals surface area contributed by atoms with Crippen molar-refractivity contribution in [2.45, 2.75) is 57.4 Å². The van der Waals surface area contributed by atoms with Crippen molar-refractivity contribution < 1.29 is 14.7 Å². The van der Waals surface area contributed by atoms with E-state index in [1.807, 2.05) is 0 Å². The quantitative estimate of drug-likeness (QED) is 0.572. The molecular formula is C13H24N2O3. The van der Waals surface area contributed by atoms with Crippen LogP contribution in [0.25, 0.3) is 0 Å². The van der Waals surface area contributed by atoms with Crippen LogP contribution in [0.5, 0.6) is 0 Å². The fraction of sp³-hybridized carbons (Fsp3) is 0.846. The predicted molar refractivity (Wildman–Crippen MR) is 69.4 cm³/mol. The molecule has 104 valence electrons. The number of aliphatic carboxylic acids is 1. The highest BCUT2D eigenvalue weighted by atomic mass is 16.4. The molecule has 0 bridgehead atoms. The Bertz CT molecular complexity index is 263. The van der Waals surface area contributed by atoms with E-state index in [-0.39, 0.29) is 18.4 Å². The summed E-state index contributed by atoms with van der Waals surface area (Å²) >= 11 is 0. The zero-order valence-corrected chi connectivity index (χ0v) is 10.9. The Labute approximate surface area is 108 Å². The number of nitrogens with one attached hydrogen (secondary N) is 2. The molecule has 1 amide bonds. The van der Waals surface area contributed by atoms with Gasteiger partial charge in [0.2, 0.25) is 5.91 Å². The summed E-state index contributed by atoms with van der Waals surface area (Å²) in [6.07, 6.45) is 7.03. The number of hydrogen-bond donors (Lipinski definition) is 3. The lowest BCUT2D eigenvalue weighted by molar-refractivity contribution is -0.137. The van der Waals surface area contributed by atoms with Crippen molar-refractivity contribution in [3.63, 3.8) is 0 Å². The fourth-order valence-electron chi connectivity index (χ4n) is 2.17. The normalized spacial score (nSPS) is 19.4. The van der Waals surface area contributed by atoms with Crippen LogP contribution < -0.4 is 10.6 Å². The van der Waals surface area contributed by atoms with Crippen LogP contribution in [0, 0.1) is 0 Å². The van der Waals surface area contributed by atoms with Crippen LogP contribution in [0.1, 0.15) is 51.4 Å². The summed E-state index contributed by atoms with van der Waals surface area (Å²) in [6, 6.07) is -0.00856. The maximum Gasteiger partial charge on any atom is 0.303 e. The van der Waals surface area contributed by atoms with Gasteiger partial charge in [-0.2, -0.15) is 0 Å². The summed E-state index contributed by atoms with van der Waals surface area (Å²) in [5, 5.41) is 14.6. The number of carboxylic acids is 1. The number of hydrogen-bond acceptors (Lipinski definition) is 3. The topological polar surface area (TPSA) is 78.4 Å². The standard InChI is InChI=1S/C13H24N2O3/c16-12(17)8-3-1-2-5-10-15-13(18)11-7-4-6-9-14-11/h11,14H,1-10H2,(H,15,18)(H,16,17). The number of piperidine rings is 1. The van der Waals surface area contributed by atoms with Crippen LogP contribution in [-0.2, 0) is 9.59 Å². The van der Waals surface area contributed by atoms with Crippen molar-refractivity contribution in [1.82, 2.24) is 10.6 Å². The third-order valence-electron chi connectivity index (χ3n) is 3.24. The van der Waals surface area contributed by atoms with E-state index >= 15 is 0 Å². The molecule has 0 aromatic heterocycles. The highest BCUT2D eigenvalue weighted by Gasteiger charge is 2.19. The Hall–Kier alpha value is -1.10. The van der Waals surface area contributed by atoms with Crippen molar-refractivity contribution in [1.29, 1.82) is 0 Å². The van der Waals surface area contributed by atoms with Gasteiger partial charge in [0.15, 0.2) is 0 Å². The van der Waals surface area contributed by atoms with Gasteiger partial charge in [0.05, 0.1) is 6.04 Å². The van der Waals surface area contributed by atoms with Crippen LogP contribution >= 0.6 is 0 Å². The Kier molecular flexibility index (Phi) is 7.41. The molecule has 1 heterocycles. The van der Waals surface area contributed by atoms with Gasteiger partial charge >= 0.3 is 5.97 Å². The summed E-state index contributed by atoms with van der Waals surface area (Å²) in [5.41, 5.74) is 0. The summed E-state index contributed by atoms with van der Waals surface area (Å²) in [4.78, 5) is 22.0. The van der Waals surface area contributed by atoms with E-state index in [1.165, 1.54) is 0 Å². The molecule has 5 nitrogen and oxygen atoms in total. The van der Waals surface area contributed by atoms with Gasteiger partial charge in [0.1, 0.15) is 0 Å². The first kappa shape index (κ1) is 15.0. The van der Waals surface area contributed by atoms with Gasteiger partial charge in [-0.1, -0.05) is 19.3 Å². The van der Waals surface area contributed by atoms with E-state index in [4.69, 9.17) is 5.11 Å². The highest BCUT2D eigenvalue weighted by Crippen LogP contribution is 2.07. The van der Waals surface area contributed by atoms with E-state index < -0.39 is 5.97 Å². The lowest BCUT2D eigenvalue weighted by atomic mass is 10.0. The van der Waals surface area contributed by atoms with Crippen LogP contribution in [0.4, 0.5) is 0 Å². The van der Waals surface area contributed by atoms with E-state index in [2.05, 4.69) is 10.6 Å². The number of unbranched alkanes of at least 4 members (excludes halogenated alkanes) is 3. The molecule has 1 unspecified atom stereocenters. The van der Waals surface area contributed by atoms with Crippen LogP contribution in [-0.4, -0.2) is 36.1 Å². The second-order valence-electron chi connectivity index (χ2n) is 4.85. The Morgan fingerprint density at radius 3 is 2.61 bits per heavy atom. The molecule has 3 N–H and O–H groups in total. The molecule has 1 atom stereocenters. The second kappa shape index (κ2) is 8.91. The maximum absolute atomic E-state index is 11.7. The Morgan fingerprint density at radius 2 is 1.94 bits per heavy atom. The number of carbonyl (C=O) groups is 2. The maximum atomic E-state index is 11.7. The minimum Gasteiger partial charge on any atom is -0.481 e. The molecule has 1 rings (SSSR count). The average molecular weight is 256 g/mol. The van der Waals surface area contributed by atoms with Crippen molar-refractivity contribution >= 4 is 11.9 Å². The van der Waals surface area contributed by atoms with Gasteiger partial charge in [-0.25, -0.2) is 0 Å². The third kappa shape index (κ3) is 6.59. The van der Waals surface area contributed by atoms with E-state index in [0.717, 1.165) is 51.5 Å². The molecule has 1 aliphatic rings. The minimum atomic E-state index is -0.730. The predicted octanol–water partition coefficient (Wildman–Crippen LogP) is 1.28. The van der Waals surface area contributed by atoms with Gasteiger partial charge in [0.25, 0.3) is 0 Å². The zero-order valence-electron chi connectivity index (χ0n) is 10.9. The first-order valence-electron chi connectivity index (χ1n) is 6.93. The summed E-state index contributed by atoms with van der Waals surface area (Å²) in [5.74, 6) is -0.619. The van der Waals surface area contributed by atoms with Gasteiger partial charge in [-0.05, 0) is 32.2 Å². The molecule has 0 spiro atoms. The van der Waals surface area contributed by atoms with E-state index in [0.29, 0.717) is 6.54 Å². The van der Waals surface area contributed by atoms with Gasteiger partial charge in [-0.3, -0.25) is 9.59 Å². The van der Waals surface area contributed by atoms with Crippen molar-refractivity contribution in [2.24, 2.45) is 0 Å². The lowest BCUT2D eigenvalue weighted by Gasteiger charge is -2.22. The Morgan fingerprint density at radius 1 is 1.17 bits per heavy atom. The zero-order chi connectivity index (χ0) is 13.2. The summed E-state index contributed by atoms with van der Waals surface area (Å²) in [6.45, 7) is 1.64. The fourth-order valence-corrected chi connectivity index (χ4v) is 2.17. The average Bonchev–Trinajstić information content (AvgIpc) is 2.38. The molecule has 0 radical (unpaired) electrons. The molecular weight excluding hydrogens is 232 g/mol. The second-order valence-corrected chi connectivity index (χ2v) is 4.85. The van der Waals surface area contributed by atoms with Gasteiger partial charge in [0, 0.05) is 13.0 Å². The molecule has 5 heteroatoms. The van der Waals surface area contributed by atoms with E-state index in [9.17, 15) is 9.59 Å².